The van der Waals surface area contributed by atoms with Crippen molar-refractivity contribution in [1.82, 2.24) is 5.32 Å². The summed E-state index contributed by atoms with van der Waals surface area (Å²) in [6.45, 7) is 0.863. The maximum atomic E-state index is 13.5. The fourth-order valence-corrected chi connectivity index (χ4v) is 2.65. The van der Waals surface area contributed by atoms with Crippen LogP contribution >= 0.6 is 31.9 Å². The van der Waals surface area contributed by atoms with Gasteiger partial charge in [-0.3, -0.25) is 0 Å². The lowest BCUT2D eigenvalue weighted by molar-refractivity contribution is 0.585. The summed E-state index contributed by atoms with van der Waals surface area (Å²) < 4.78 is 28.2. The minimum Gasteiger partial charge on any atom is -0.309 e. The minimum absolute atomic E-state index is 0.254. The van der Waals surface area contributed by atoms with Crippen molar-refractivity contribution in [3.8, 4) is 0 Å². The quantitative estimate of drug-likeness (QED) is 0.792. The van der Waals surface area contributed by atoms with Gasteiger partial charge >= 0.3 is 0 Å². The number of halogens is 4. The topological polar surface area (TPSA) is 12.0 Å². The zero-order valence-corrected chi connectivity index (χ0v) is 13.1. The molecule has 2 aromatic rings. The van der Waals surface area contributed by atoms with Gasteiger partial charge in [-0.25, -0.2) is 8.78 Å². The van der Waals surface area contributed by atoms with Crippen LogP contribution in [0.2, 0.25) is 0 Å². The highest BCUT2D eigenvalue weighted by atomic mass is 79.9. The van der Waals surface area contributed by atoms with Gasteiger partial charge < -0.3 is 5.32 Å². The Kier molecular flexibility index (Phi) is 5.07. The minimum atomic E-state index is -0.292. The van der Waals surface area contributed by atoms with Crippen LogP contribution in [0.3, 0.4) is 0 Å². The predicted molar refractivity (Wildman–Crippen MR) is 78.7 cm³/mol. The van der Waals surface area contributed by atoms with Crippen molar-refractivity contribution >= 4 is 31.9 Å². The molecule has 5 heteroatoms. The molecule has 0 radical (unpaired) electrons. The smallest absolute Gasteiger partial charge is 0.127 e. The first kappa shape index (κ1) is 14.6. The summed E-state index contributed by atoms with van der Waals surface area (Å²) in [7, 11) is 0. The van der Waals surface area contributed by atoms with Crippen LogP contribution in [0.25, 0.3) is 0 Å². The van der Waals surface area contributed by atoms with Crippen molar-refractivity contribution in [2.75, 3.05) is 0 Å². The van der Waals surface area contributed by atoms with Crippen LogP contribution in [-0.4, -0.2) is 0 Å². The molecule has 0 saturated carbocycles. The van der Waals surface area contributed by atoms with Gasteiger partial charge in [0, 0.05) is 27.6 Å². The molecule has 0 aliphatic heterocycles. The first-order valence-electron chi connectivity index (χ1n) is 5.64. The van der Waals surface area contributed by atoms with E-state index in [4.69, 9.17) is 0 Å². The van der Waals surface area contributed by atoms with E-state index in [0.29, 0.717) is 23.1 Å². The van der Waals surface area contributed by atoms with E-state index in [9.17, 15) is 8.78 Å². The molecule has 19 heavy (non-hydrogen) atoms. The second kappa shape index (κ2) is 6.59. The monoisotopic (exact) mass is 389 g/mol. The van der Waals surface area contributed by atoms with Gasteiger partial charge in [-0.1, -0.05) is 31.9 Å². The average Bonchev–Trinajstić information content (AvgIpc) is 2.32. The van der Waals surface area contributed by atoms with E-state index in [1.54, 1.807) is 12.1 Å². The van der Waals surface area contributed by atoms with Crippen molar-refractivity contribution < 1.29 is 8.78 Å². The van der Waals surface area contributed by atoms with Crippen molar-refractivity contribution in [1.29, 1.82) is 0 Å². The second-order valence-corrected chi connectivity index (χ2v) is 5.95. The van der Waals surface area contributed by atoms with E-state index in [1.807, 2.05) is 6.07 Å². The third kappa shape index (κ3) is 4.37. The molecule has 0 fully saturated rings. The highest BCUT2D eigenvalue weighted by Crippen LogP contribution is 2.17. The molecule has 100 valence electrons. The Balaban J connectivity index is 1.98. The molecular formula is C14H11Br2F2N. The standard InChI is InChI=1S/C14H11Br2F2N/c15-11-1-2-14(18)10(5-11)8-19-7-9-3-12(16)6-13(17)4-9/h1-6,19H,7-8H2. The Morgan fingerprint density at radius 2 is 1.68 bits per heavy atom. The van der Waals surface area contributed by atoms with E-state index in [2.05, 4.69) is 37.2 Å². The molecule has 1 nitrogen and oxygen atoms in total. The largest absolute Gasteiger partial charge is 0.309 e. The maximum Gasteiger partial charge on any atom is 0.127 e. The van der Waals surface area contributed by atoms with Crippen molar-refractivity contribution in [2.24, 2.45) is 0 Å². The summed E-state index contributed by atoms with van der Waals surface area (Å²) in [5.74, 6) is -0.545. The first-order valence-corrected chi connectivity index (χ1v) is 7.23. The molecule has 0 bridgehead atoms. The molecule has 0 atom stereocenters. The van der Waals surface area contributed by atoms with Gasteiger partial charge in [0.25, 0.3) is 0 Å². The molecule has 0 heterocycles. The van der Waals surface area contributed by atoms with E-state index >= 15 is 0 Å². The van der Waals surface area contributed by atoms with Crippen LogP contribution in [0.5, 0.6) is 0 Å². The first-order chi connectivity index (χ1) is 9.04. The summed E-state index contributed by atoms with van der Waals surface area (Å²) >= 11 is 6.54. The van der Waals surface area contributed by atoms with Gasteiger partial charge in [0.15, 0.2) is 0 Å². The molecule has 0 aliphatic rings. The number of hydrogen-bond acceptors (Lipinski definition) is 1. The Hall–Kier alpha value is -0.780. The molecule has 2 rings (SSSR count). The summed E-state index contributed by atoms with van der Waals surface area (Å²) in [6.07, 6.45) is 0. The van der Waals surface area contributed by atoms with Gasteiger partial charge in [0.2, 0.25) is 0 Å². The van der Waals surface area contributed by atoms with E-state index < -0.39 is 0 Å². The van der Waals surface area contributed by atoms with Crippen LogP contribution in [0.4, 0.5) is 8.78 Å². The average molecular weight is 391 g/mol. The Labute approximate surface area is 127 Å². The Morgan fingerprint density at radius 3 is 2.42 bits per heavy atom. The molecule has 1 N–H and O–H groups in total. The van der Waals surface area contributed by atoms with Crippen LogP contribution in [0.1, 0.15) is 11.1 Å². The summed E-state index contributed by atoms with van der Waals surface area (Å²) in [5, 5.41) is 3.09. The molecule has 0 spiro atoms. The van der Waals surface area contributed by atoms with Gasteiger partial charge in [0.05, 0.1) is 0 Å². The second-order valence-electron chi connectivity index (χ2n) is 4.12. The summed E-state index contributed by atoms with van der Waals surface area (Å²) in [4.78, 5) is 0. The molecular weight excluding hydrogens is 380 g/mol. The van der Waals surface area contributed by atoms with Gasteiger partial charge in [-0.2, -0.15) is 0 Å². The Morgan fingerprint density at radius 1 is 0.895 bits per heavy atom. The van der Waals surface area contributed by atoms with Crippen molar-refractivity contribution in [2.45, 2.75) is 13.1 Å². The zero-order valence-electron chi connectivity index (χ0n) is 9.89. The number of benzene rings is 2. The third-order valence-electron chi connectivity index (χ3n) is 2.57. The van der Waals surface area contributed by atoms with Crippen LogP contribution in [0, 0.1) is 11.6 Å². The molecule has 0 aromatic heterocycles. The molecule has 0 unspecified atom stereocenters. The fourth-order valence-electron chi connectivity index (χ4n) is 1.73. The van der Waals surface area contributed by atoms with E-state index in [0.717, 1.165) is 10.0 Å². The van der Waals surface area contributed by atoms with Crippen LogP contribution in [-0.2, 0) is 13.1 Å². The highest BCUT2D eigenvalue weighted by molar-refractivity contribution is 9.10. The lowest BCUT2D eigenvalue weighted by atomic mass is 10.2. The van der Waals surface area contributed by atoms with Crippen molar-refractivity contribution in [3.63, 3.8) is 0 Å². The SMILES string of the molecule is Fc1cc(Br)cc(CNCc2cc(Br)ccc2F)c1. The highest BCUT2D eigenvalue weighted by Gasteiger charge is 2.03. The number of hydrogen-bond donors (Lipinski definition) is 1. The van der Waals surface area contributed by atoms with Crippen LogP contribution in [0.15, 0.2) is 45.3 Å². The lowest BCUT2D eigenvalue weighted by Gasteiger charge is -2.07. The Bertz CT molecular complexity index is 567. The molecule has 0 saturated heterocycles. The molecule has 0 amide bonds. The van der Waals surface area contributed by atoms with Gasteiger partial charge in [-0.15, -0.1) is 0 Å². The van der Waals surface area contributed by atoms with E-state index in [-0.39, 0.29) is 11.6 Å². The van der Waals surface area contributed by atoms with Crippen molar-refractivity contribution in [3.05, 3.63) is 68.1 Å². The van der Waals surface area contributed by atoms with Crippen LogP contribution < -0.4 is 5.32 Å². The van der Waals surface area contributed by atoms with Gasteiger partial charge in [-0.05, 0) is 42.0 Å². The number of rotatable bonds is 4. The molecule has 2 aromatic carbocycles. The predicted octanol–water partition coefficient (Wildman–Crippen LogP) is 4.78. The lowest BCUT2D eigenvalue weighted by Crippen LogP contribution is -2.14. The summed E-state index contributed by atoms with van der Waals surface area (Å²) in [6, 6.07) is 9.48. The zero-order chi connectivity index (χ0) is 13.8. The normalized spacial score (nSPS) is 10.7. The third-order valence-corrected chi connectivity index (χ3v) is 3.53. The summed E-state index contributed by atoms with van der Waals surface area (Å²) in [5.41, 5.74) is 1.38. The van der Waals surface area contributed by atoms with E-state index in [1.165, 1.54) is 18.2 Å². The maximum absolute atomic E-state index is 13.5. The fraction of sp³-hybridized carbons (Fsp3) is 0.143. The molecule has 0 aliphatic carbocycles. The number of nitrogens with one attached hydrogen (secondary N) is 1. The van der Waals surface area contributed by atoms with Gasteiger partial charge in [0.1, 0.15) is 11.6 Å².